The summed E-state index contributed by atoms with van der Waals surface area (Å²) in [6.07, 6.45) is 1.14. The standard InChI is InChI=1S/C17H16BrClN2O3S/c18-12-3-7-14(8-4-12)20-17(22)16-2-1-11-21(16)25(23,24)15-9-5-13(19)6-10-15/h3-10,16H,1-2,11H2,(H,20,22). The molecule has 0 saturated carbocycles. The highest BCUT2D eigenvalue weighted by molar-refractivity contribution is 9.10. The Bertz CT molecular complexity index is 870. The molecule has 0 bridgehead atoms. The smallest absolute Gasteiger partial charge is 0.243 e. The summed E-state index contributed by atoms with van der Waals surface area (Å²) < 4.78 is 27.9. The minimum atomic E-state index is -3.74. The van der Waals surface area contributed by atoms with E-state index in [-0.39, 0.29) is 10.8 Å². The number of carbonyl (C=O) groups is 1. The summed E-state index contributed by atoms with van der Waals surface area (Å²) in [5.41, 5.74) is 0.629. The van der Waals surface area contributed by atoms with E-state index in [1.54, 1.807) is 12.1 Å². The fourth-order valence-electron chi connectivity index (χ4n) is 2.79. The van der Waals surface area contributed by atoms with Crippen LogP contribution in [0.1, 0.15) is 12.8 Å². The fourth-order valence-corrected chi connectivity index (χ4v) is 4.84. The van der Waals surface area contributed by atoms with Crippen LogP contribution in [0.2, 0.25) is 5.02 Å². The number of benzene rings is 2. The summed E-state index contributed by atoms with van der Waals surface area (Å²) in [5, 5.41) is 3.25. The lowest BCUT2D eigenvalue weighted by molar-refractivity contribution is -0.119. The molecule has 0 spiro atoms. The molecule has 1 amide bonds. The summed E-state index contributed by atoms with van der Waals surface area (Å²) in [6.45, 7) is 0.323. The van der Waals surface area contributed by atoms with Crippen LogP contribution in [0.5, 0.6) is 0 Å². The third-order valence-corrected chi connectivity index (χ3v) is 6.74. The van der Waals surface area contributed by atoms with Crippen molar-refractivity contribution in [3.05, 3.63) is 58.0 Å². The van der Waals surface area contributed by atoms with Crippen molar-refractivity contribution < 1.29 is 13.2 Å². The monoisotopic (exact) mass is 442 g/mol. The van der Waals surface area contributed by atoms with Crippen molar-refractivity contribution in [3.8, 4) is 0 Å². The highest BCUT2D eigenvalue weighted by atomic mass is 79.9. The number of nitrogens with zero attached hydrogens (tertiary/aromatic N) is 1. The number of nitrogens with one attached hydrogen (secondary N) is 1. The molecule has 1 unspecified atom stereocenters. The molecule has 1 saturated heterocycles. The lowest BCUT2D eigenvalue weighted by Gasteiger charge is -2.23. The van der Waals surface area contributed by atoms with Crippen LogP contribution in [0.4, 0.5) is 5.69 Å². The maximum atomic E-state index is 12.9. The Hall–Kier alpha value is -1.41. The first kappa shape index (κ1) is 18.4. The summed E-state index contributed by atoms with van der Waals surface area (Å²) >= 11 is 9.16. The first-order chi connectivity index (χ1) is 11.9. The van der Waals surface area contributed by atoms with Gasteiger partial charge in [0.05, 0.1) is 4.90 Å². The largest absolute Gasteiger partial charge is 0.325 e. The molecule has 1 fully saturated rings. The Morgan fingerprint density at radius 3 is 2.40 bits per heavy atom. The van der Waals surface area contributed by atoms with Gasteiger partial charge in [-0.25, -0.2) is 8.42 Å². The van der Waals surface area contributed by atoms with E-state index in [9.17, 15) is 13.2 Å². The molecule has 5 nitrogen and oxygen atoms in total. The van der Waals surface area contributed by atoms with Crippen LogP contribution in [0, 0.1) is 0 Å². The van der Waals surface area contributed by atoms with Crippen molar-refractivity contribution in [1.29, 1.82) is 0 Å². The number of amides is 1. The molecule has 1 aliphatic heterocycles. The number of anilines is 1. The maximum Gasteiger partial charge on any atom is 0.243 e. The van der Waals surface area contributed by atoms with Crippen molar-refractivity contribution in [1.82, 2.24) is 4.31 Å². The first-order valence-electron chi connectivity index (χ1n) is 7.72. The zero-order valence-corrected chi connectivity index (χ0v) is 16.3. The van der Waals surface area contributed by atoms with Gasteiger partial charge in [0.1, 0.15) is 6.04 Å². The van der Waals surface area contributed by atoms with E-state index in [1.807, 2.05) is 12.1 Å². The lowest BCUT2D eigenvalue weighted by Crippen LogP contribution is -2.43. The van der Waals surface area contributed by atoms with Gasteiger partial charge in [0.2, 0.25) is 15.9 Å². The van der Waals surface area contributed by atoms with Gasteiger partial charge in [-0.05, 0) is 61.4 Å². The highest BCUT2D eigenvalue weighted by Crippen LogP contribution is 2.28. The minimum Gasteiger partial charge on any atom is -0.325 e. The minimum absolute atomic E-state index is 0.139. The number of hydrogen-bond donors (Lipinski definition) is 1. The number of hydrogen-bond acceptors (Lipinski definition) is 3. The highest BCUT2D eigenvalue weighted by Gasteiger charge is 2.39. The van der Waals surface area contributed by atoms with Gasteiger partial charge in [-0.15, -0.1) is 0 Å². The van der Waals surface area contributed by atoms with Crippen LogP contribution in [0.25, 0.3) is 0 Å². The maximum absolute atomic E-state index is 12.9. The predicted molar refractivity (Wildman–Crippen MR) is 101 cm³/mol. The van der Waals surface area contributed by atoms with Crippen LogP contribution in [0.3, 0.4) is 0 Å². The Morgan fingerprint density at radius 2 is 1.76 bits per heavy atom. The molecule has 0 aromatic heterocycles. The Morgan fingerprint density at radius 1 is 1.12 bits per heavy atom. The topological polar surface area (TPSA) is 66.5 Å². The zero-order valence-electron chi connectivity index (χ0n) is 13.2. The lowest BCUT2D eigenvalue weighted by atomic mass is 10.2. The second-order valence-electron chi connectivity index (χ2n) is 5.72. The van der Waals surface area contributed by atoms with Crippen molar-refractivity contribution in [2.24, 2.45) is 0 Å². The van der Waals surface area contributed by atoms with E-state index in [2.05, 4.69) is 21.2 Å². The van der Waals surface area contributed by atoms with Crippen LogP contribution < -0.4 is 5.32 Å². The van der Waals surface area contributed by atoms with Gasteiger partial charge in [-0.2, -0.15) is 4.31 Å². The Labute approximate surface area is 160 Å². The van der Waals surface area contributed by atoms with Crippen LogP contribution in [-0.2, 0) is 14.8 Å². The summed E-state index contributed by atoms with van der Waals surface area (Å²) in [7, 11) is -3.74. The first-order valence-corrected chi connectivity index (χ1v) is 10.3. The SMILES string of the molecule is O=C(Nc1ccc(Br)cc1)C1CCCN1S(=O)(=O)c1ccc(Cl)cc1. The average Bonchev–Trinajstić information content (AvgIpc) is 3.08. The molecule has 2 aromatic carbocycles. The molecule has 132 valence electrons. The van der Waals surface area contributed by atoms with Crippen molar-refractivity contribution in [2.45, 2.75) is 23.8 Å². The van der Waals surface area contributed by atoms with Crippen LogP contribution >= 0.6 is 27.5 Å². The van der Waals surface area contributed by atoms with Gasteiger partial charge in [-0.1, -0.05) is 27.5 Å². The van der Waals surface area contributed by atoms with Gasteiger partial charge < -0.3 is 5.32 Å². The van der Waals surface area contributed by atoms with Crippen molar-refractivity contribution in [3.63, 3.8) is 0 Å². The molecule has 8 heteroatoms. The molecule has 1 N–H and O–H groups in total. The Balaban J connectivity index is 1.80. The van der Waals surface area contributed by atoms with Crippen LogP contribution in [0.15, 0.2) is 57.9 Å². The van der Waals surface area contributed by atoms with E-state index in [1.165, 1.54) is 28.6 Å². The molecular weight excluding hydrogens is 428 g/mol. The predicted octanol–water partition coefficient (Wildman–Crippen LogP) is 3.89. The van der Waals surface area contributed by atoms with E-state index in [0.717, 1.165) is 4.47 Å². The van der Waals surface area contributed by atoms with Gasteiger partial charge in [0.25, 0.3) is 0 Å². The fraction of sp³-hybridized carbons (Fsp3) is 0.235. The van der Waals surface area contributed by atoms with E-state index >= 15 is 0 Å². The van der Waals surface area contributed by atoms with Gasteiger partial charge in [0, 0.05) is 21.7 Å². The quantitative estimate of drug-likeness (QED) is 0.779. The second-order valence-corrected chi connectivity index (χ2v) is 8.97. The molecule has 0 radical (unpaired) electrons. The van der Waals surface area contributed by atoms with Gasteiger partial charge >= 0.3 is 0 Å². The number of sulfonamides is 1. The van der Waals surface area contributed by atoms with Gasteiger partial charge in [-0.3, -0.25) is 4.79 Å². The van der Waals surface area contributed by atoms with E-state index in [4.69, 9.17) is 11.6 Å². The molecule has 25 heavy (non-hydrogen) atoms. The normalized spacial score (nSPS) is 18.2. The summed E-state index contributed by atoms with van der Waals surface area (Å²) in [5.74, 6) is -0.322. The number of rotatable bonds is 4. The third kappa shape index (κ3) is 4.06. The van der Waals surface area contributed by atoms with Crippen molar-refractivity contribution in [2.75, 3.05) is 11.9 Å². The van der Waals surface area contributed by atoms with E-state index < -0.39 is 16.1 Å². The molecule has 3 rings (SSSR count). The molecule has 1 heterocycles. The van der Waals surface area contributed by atoms with Crippen LogP contribution in [-0.4, -0.2) is 31.2 Å². The van der Waals surface area contributed by atoms with E-state index in [0.29, 0.717) is 30.1 Å². The zero-order chi connectivity index (χ0) is 18.0. The number of carbonyl (C=O) groups excluding carboxylic acids is 1. The second kappa shape index (κ2) is 7.45. The third-order valence-electron chi connectivity index (χ3n) is 4.04. The molecule has 1 aliphatic rings. The summed E-state index contributed by atoms with van der Waals surface area (Å²) in [4.78, 5) is 12.7. The number of halogens is 2. The Kier molecular flexibility index (Phi) is 5.48. The molecular formula is C17H16BrClN2O3S. The summed E-state index contributed by atoms with van der Waals surface area (Å²) in [6, 6.07) is 12.4. The van der Waals surface area contributed by atoms with Crippen molar-refractivity contribution >= 4 is 49.1 Å². The average molecular weight is 444 g/mol. The van der Waals surface area contributed by atoms with Gasteiger partial charge in [0.15, 0.2) is 0 Å². The molecule has 2 aromatic rings. The molecule has 1 atom stereocenters. The molecule has 0 aliphatic carbocycles.